The van der Waals surface area contributed by atoms with Crippen molar-refractivity contribution < 1.29 is 9.21 Å². The number of aromatic nitrogens is 1. The molecule has 2 aliphatic heterocycles. The molecule has 3 fully saturated rings. The number of benzene rings is 1. The summed E-state index contributed by atoms with van der Waals surface area (Å²) in [4.78, 5) is 21.8. The van der Waals surface area contributed by atoms with Crippen LogP contribution >= 0.6 is 11.6 Å². The van der Waals surface area contributed by atoms with Crippen LogP contribution in [0.2, 0.25) is 5.02 Å². The van der Waals surface area contributed by atoms with E-state index in [0.29, 0.717) is 40.4 Å². The van der Waals surface area contributed by atoms with E-state index in [9.17, 15) is 4.79 Å². The molecular weight excluding hydrogens is 364 g/mol. The van der Waals surface area contributed by atoms with Crippen molar-refractivity contribution in [2.45, 2.75) is 31.7 Å². The zero-order chi connectivity index (χ0) is 18.5. The Morgan fingerprint density at radius 3 is 2.56 bits per heavy atom. The van der Waals surface area contributed by atoms with Crippen molar-refractivity contribution in [3.05, 3.63) is 23.2 Å². The first-order chi connectivity index (χ1) is 13.1. The lowest BCUT2D eigenvalue weighted by atomic mass is 9.90. The fourth-order valence-corrected chi connectivity index (χ4v) is 5.20. The Labute approximate surface area is 163 Å². The molecular formula is C20H25ClN4O2. The van der Waals surface area contributed by atoms with Gasteiger partial charge in [-0.25, -0.2) is 0 Å². The van der Waals surface area contributed by atoms with E-state index in [1.54, 1.807) is 6.07 Å². The molecule has 3 aliphatic rings. The number of amides is 1. The van der Waals surface area contributed by atoms with Gasteiger partial charge in [0.25, 0.3) is 6.01 Å². The summed E-state index contributed by atoms with van der Waals surface area (Å²) in [5.41, 5.74) is 7.80. The molecule has 5 rings (SSSR count). The predicted molar refractivity (Wildman–Crippen MR) is 105 cm³/mol. The number of carbonyl (C=O) groups excluding carboxylic acids is 1. The Hall–Kier alpha value is -1.79. The van der Waals surface area contributed by atoms with Gasteiger partial charge in [0.15, 0.2) is 5.58 Å². The molecule has 3 heterocycles. The minimum Gasteiger partial charge on any atom is -0.423 e. The molecule has 2 N–H and O–H groups in total. The maximum atomic E-state index is 13.0. The summed E-state index contributed by atoms with van der Waals surface area (Å²) in [6.07, 6.45) is 4.04. The van der Waals surface area contributed by atoms with Gasteiger partial charge in [0.05, 0.1) is 0 Å². The van der Waals surface area contributed by atoms with Crippen molar-refractivity contribution in [1.29, 1.82) is 0 Å². The van der Waals surface area contributed by atoms with E-state index in [4.69, 9.17) is 21.8 Å². The van der Waals surface area contributed by atoms with Gasteiger partial charge in [0.2, 0.25) is 5.91 Å². The predicted octanol–water partition coefficient (Wildman–Crippen LogP) is 2.89. The molecule has 0 spiro atoms. The molecule has 1 aliphatic carbocycles. The minimum atomic E-state index is 0.105. The van der Waals surface area contributed by atoms with Gasteiger partial charge in [-0.05, 0) is 49.7 Å². The highest BCUT2D eigenvalue weighted by Gasteiger charge is 2.42. The molecule has 1 aromatic heterocycles. The molecule has 1 unspecified atom stereocenters. The summed E-state index contributed by atoms with van der Waals surface area (Å²) < 4.78 is 5.87. The number of fused-ring (bicyclic) bond motifs is 3. The van der Waals surface area contributed by atoms with Crippen LogP contribution in [0.3, 0.4) is 0 Å². The van der Waals surface area contributed by atoms with Crippen LogP contribution in [0.25, 0.3) is 11.1 Å². The standard InChI is InChI=1S/C20H25ClN4O2/c21-15-3-4-16-17(9-15)27-20(23-16)24-7-5-12(6-8-24)19(26)25-10-13-1-2-14(11-25)18(13)22/h3-4,9,12-14,18H,1-2,5-8,10-11,22H2/t13-,14+,18?. The van der Waals surface area contributed by atoms with Gasteiger partial charge >= 0.3 is 0 Å². The van der Waals surface area contributed by atoms with Gasteiger partial charge < -0.3 is 20.0 Å². The number of anilines is 1. The van der Waals surface area contributed by atoms with Gasteiger partial charge in [-0.2, -0.15) is 4.98 Å². The first-order valence-corrected chi connectivity index (χ1v) is 10.3. The summed E-state index contributed by atoms with van der Waals surface area (Å²) in [5, 5.41) is 0.643. The van der Waals surface area contributed by atoms with Crippen molar-refractivity contribution in [3.63, 3.8) is 0 Å². The number of nitrogens with two attached hydrogens (primary N) is 1. The van der Waals surface area contributed by atoms with Gasteiger partial charge in [0, 0.05) is 49.2 Å². The van der Waals surface area contributed by atoms with Crippen molar-refractivity contribution in [1.82, 2.24) is 9.88 Å². The summed E-state index contributed by atoms with van der Waals surface area (Å²) >= 11 is 6.02. The Morgan fingerprint density at radius 1 is 1.15 bits per heavy atom. The van der Waals surface area contributed by atoms with Crippen LogP contribution in [0.4, 0.5) is 6.01 Å². The Kier molecular flexibility index (Phi) is 4.28. The zero-order valence-corrected chi connectivity index (χ0v) is 16.1. The molecule has 2 bridgehead atoms. The topological polar surface area (TPSA) is 75.6 Å². The van der Waals surface area contributed by atoms with E-state index >= 15 is 0 Å². The number of rotatable bonds is 2. The number of oxazole rings is 1. The highest BCUT2D eigenvalue weighted by atomic mass is 35.5. The largest absolute Gasteiger partial charge is 0.423 e. The van der Waals surface area contributed by atoms with Crippen LogP contribution in [0, 0.1) is 17.8 Å². The molecule has 6 nitrogen and oxygen atoms in total. The molecule has 0 radical (unpaired) electrons. The Balaban J connectivity index is 1.22. The summed E-state index contributed by atoms with van der Waals surface area (Å²) in [5.74, 6) is 1.43. The van der Waals surface area contributed by atoms with Crippen LogP contribution in [-0.4, -0.2) is 48.0 Å². The van der Waals surface area contributed by atoms with Crippen LogP contribution < -0.4 is 10.6 Å². The number of halogens is 1. The second kappa shape index (κ2) is 6.67. The summed E-state index contributed by atoms with van der Waals surface area (Å²) in [7, 11) is 0. The second-order valence-corrected chi connectivity index (χ2v) is 8.72. The van der Waals surface area contributed by atoms with Crippen molar-refractivity contribution in [2.24, 2.45) is 23.5 Å². The Morgan fingerprint density at radius 2 is 1.85 bits per heavy atom. The van der Waals surface area contributed by atoms with Crippen LogP contribution in [0.1, 0.15) is 25.7 Å². The normalized spacial score (nSPS) is 28.9. The molecule has 3 atom stereocenters. The van der Waals surface area contributed by atoms with Gasteiger partial charge in [-0.3, -0.25) is 4.79 Å². The first kappa shape index (κ1) is 17.3. The van der Waals surface area contributed by atoms with E-state index in [-0.39, 0.29) is 5.92 Å². The molecule has 7 heteroatoms. The van der Waals surface area contributed by atoms with E-state index < -0.39 is 0 Å². The lowest BCUT2D eigenvalue weighted by Gasteiger charge is -2.39. The SMILES string of the molecule is NC1[C@@H]2CC[C@H]1CN(C(=O)C1CCN(c3nc4ccc(Cl)cc4o3)CC1)C2. The smallest absolute Gasteiger partial charge is 0.298 e. The van der Waals surface area contributed by atoms with Crippen molar-refractivity contribution >= 4 is 34.6 Å². The molecule has 2 saturated heterocycles. The van der Waals surface area contributed by atoms with Gasteiger partial charge in [-0.15, -0.1) is 0 Å². The van der Waals surface area contributed by atoms with Crippen LogP contribution in [0.15, 0.2) is 22.6 Å². The first-order valence-electron chi connectivity index (χ1n) is 9.94. The number of hydrogen-bond donors (Lipinski definition) is 1. The maximum Gasteiger partial charge on any atom is 0.298 e. The number of piperidine rings is 2. The highest BCUT2D eigenvalue weighted by Crippen LogP contribution is 2.37. The summed E-state index contributed by atoms with van der Waals surface area (Å²) in [6, 6.07) is 6.40. The zero-order valence-electron chi connectivity index (χ0n) is 15.3. The van der Waals surface area contributed by atoms with Crippen LogP contribution in [-0.2, 0) is 4.79 Å². The van der Waals surface area contributed by atoms with E-state index in [0.717, 1.165) is 44.5 Å². The number of hydrogen-bond acceptors (Lipinski definition) is 5. The maximum absolute atomic E-state index is 13.0. The molecule has 144 valence electrons. The fourth-order valence-electron chi connectivity index (χ4n) is 5.04. The van der Waals surface area contributed by atoms with E-state index in [2.05, 4.69) is 14.8 Å². The quantitative estimate of drug-likeness (QED) is 0.856. The van der Waals surface area contributed by atoms with Gasteiger partial charge in [-0.1, -0.05) is 11.6 Å². The average molecular weight is 389 g/mol. The number of nitrogens with zero attached hydrogens (tertiary/aromatic N) is 3. The molecule has 1 saturated carbocycles. The Bertz CT molecular complexity index is 847. The van der Waals surface area contributed by atoms with Crippen molar-refractivity contribution in [2.75, 3.05) is 31.1 Å². The highest BCUT2D eigenvalue weighted by molar-refractivity contribution is 6.31. The monoisotopic (exact) mass is 388 g/mol. The third kappa shape index (κ3) is 3.09. The third-order valence-electron chi connectivity index (χ3n) is 6.67. The molecule has 2 aromatic rings. The van der Waals surface area contributed by atoms with E-state index in [1.165, 1.54) is 12.8 Å². The molecule has 27 heavy (non-hydrogen) atoms. The molecule has 1 amide bonds. The van der Waals surface area contributed by atoms with Crippen molar-refractivity contribution in [3.8, 4) is 0 Å². The lowest BCUT2D eigenvalue weighted by Crippen LogP contribution is -2.53. The molecule has 1 aromatic carbocycles. The number of carbonyl (C=O) groups is 1. The average Bonchev–Trinajstić information content (AvgIpc) is 3.16. The number of likely N-dealkylation sites (tertiary alicyclic amines) is 1. The lowest BCUT2D eigenvalue weighted by molar-refractivity contribution is -0.138. The summed E-state index contributed by atoms with van der Waals surface area (Å²) in [6.45, 7) is 3.28. The second-order valence-electron chi connectivity index (χ2n) is 8.29. The van der Waals surface area contributed by atoms with Gasteiger partial charge in [0.1, 0.15) is 5.52 Å². The fraction of sp³-hybridized carbons (Fsp3) is 0.600. The van der Waals surface area contributed by atoms with E-state index in [1.807, 2.05) is 12.1 Å². The minimum absolute atomic E-state index is 0.105. The third-order valence-corrected chi connectivity index (χ3v) is 6.91. The van der Waals surface area contributed by atoms with Crippen LogP contribution in [0.5, 0.6) is 0 Å².